The van der Waals surface area contributed by atoms with E-state index in [0.717, 1.165) is 12.4 Å². The van der Waals surface area contributed by atoms with E-state index in [4.69, 9.17) is 11.6 Å². The fraction of sp³-hybridized carbons (Fsp3) is 0.615. The number of unbranched alkanes of at least 4 members (excludes halogenated alkanes) is 5. The van der Waals surface area contributed by atoms with Crippen molar-refractivity contribution < 1.29 is 4.57 Å². The number of rotatable bonds is 8. The van der Waals surface area contributed by atoms with Gasteiger partial charge in [0.05, 0.1) is 0 Å². The first-order valence-electron chi connectivity index (χ1n) is 5.93. The van der Waals surface area contributed by atoms with Gasteiger partial charge in [0.25, 0.3) is 0 Å². The van der Waals surface area contributed by atoms with E-state index in [1.165, 1.54) is 38.5 Å². The molecule has 0 aliphatic carbocycles. The maximum absolute atomic E-state index is 5.62. The zero-order valence-electron chi connectivity index (χ0n) is 9.37. The normalized spacial score (nSPS) is 10.5. The van der Waals surface area contributed by atoms with E-state index in [1.807, 2.05) is 0 Å². The van der Waals surface area contributed by atoms with Crippen LogP contribution in [-0.2, 0) is 6.54 Å². The number of aryl methyl sites for hydroxylation is 1. The summed E-state index contributed by atoms with van der Waals surface area (Å²) in [4.78, 5) is 0. The van der Waals surface area contributed by atoms with Crippen molar-refractivity contribution in [2.75, 3.05) is 5.88 Å². The molecule has 0 aromatic carbocycles. The number of halogens is 1. The van der Waals surface area contributed by atoms with Crippen molar-refractivity contribution in [3.8, 4) is 0 Å². The van der Waals surface area contributed by atoms with Crippen LogP contribution in [0.1, 0.15) is 38.5 Å². The topological polar surface area (TPSA) is 3.88 Å². The van der Waals surface area contributed by atoms with Crippen molar-refractivity contribution in [1.82, 2.24) is 0 Å². The molecular formula is C13H21ClN+. The number of aromatic nitrogens is 1. The summed E-state index contributed by atoms with van der Waals surface area (Å²) in [6.07, 6.45) is 12.0. The van der Waals surface area contributed by atoms with E-state index in [9.17, 15) is 0 Å². The van der Waals surface area contributed by atoms with Gasteiger partial charge < -0.3 is 0 Å². The molecule has 0 aliphatic rings. The quantitative estimate of drug-likeness (QED) is 0.363. The third-order valence-electron chi connectivity index (χ3n) is 2.58. The van der Waals surface area contributed by atoms with Gasteiger partial charge in [-0.2, -0.15) is 0 Å². The minimum atomic E-state index is 0.819. The van der Waals surface area contributed by atoms with Gasteiger partial charge in [0.2, 0.25) is 0 Å². The van der Waals surface area contributed by atoms with Crippen LogP contribution in [0.15, 0.2) is 30.6 Å². The van der Waals surface area contributed by atoms with E-state index >= 15 is 0 Å². The van der Waals surface area contributed by atoms with Gasteiger partial charge in [-0.25, -0.2) is 4.57 Å². The van der Waals surface area contributed by atoms with Crippen LogP contribution in [0.4, 0.5) is 0 Å². The molecule has 0 aliphatic heterocycles. The molecule has 0 atom stereocenters. The summed E-state index contributed by atoms with van der Waals surface area (Å²) in [5.74, 6) is 0.819. The Labute approximate surface area is 98.1 Å². The van der Waals surface area contributed by atoms with Crippen LogP contribution < -0.4 is 4.57 Å². The lowest BCUT2D eigenvalue weighted by Gasteiger charge is -1.98. The van der Waals surface area contributed by atoms with E-state index < -0.39 is 0 Å². The average Bonchev–Trinajstić information content (AvgIpc) is 2.29. The maximum atomic E-state index is 5.62. The Bertz CT molecular complexity index is 236. The molecular weight excluding hydrogens is 206 g/mol. The summed E-state index contributed by atoms with van der Waals surface area (Å²) in [5, 5.41) is 0. The van der Waals surface area contributed by atoms with Gasteiger partial charge >= 0.3 is 0 Å². The third kappa shape index (κ3) is 6.51. The van der Waals surface area contributed by atoms with Gasteiger partial charge in [-0.1, -0.05) is 25.3 Å². The second-order valence-electron chi connectivity index (χ2n) is 3.92. The predicted octanol–water partition coefficient (Wildman–Crippen LogP) is 3.55. The minimum absolute atomic E-state index is 0.819. The Kier molecular flexibility index (Phi) is 7.28. The van der Waals surface area contributed by atoms with E-state index in [-0.39, 0.29) is 0 Å². The number of hydrogen-bond donors (Lipinski definition) is 0. The van der Waals surface area contributed by atoms with Crippen LogP contribution in [0.25, 0.3) is 0 Å². The molecule has 0 radical (unpaired) electrons. The molecule has 0 bridgehead atoms. The van der Waals surface area contributed by atoms with Gasteiger partial charge in [-0.05, 0) is 12.8 Å². The highest BCUT2D eigenvalue weighted by atomic mass is 35.5. The summed E-state index contributed by atoms with van der Waals surface area (Å²) in [7, 11) is 0. The van der Waals surface area contributed by atoms with Crippen molar-refractivity contribution in [3.63, 3.8) is 0 Å². The van der Waals surface area contributed by atoms with E-state index in [2.05, 4.69) is 35.2 Å². The Hall–Kier alpha value is -0.560. The highest BCUT2D eigenvalue weighted by molar-refractivity contribution is 6.17. The Morgan fingerprint density at radius 1 is 0.733 bits per heavy atom. The molecule has 0 fully saturated rings. The van der Waals surface area contributed by atoms with Crippen molar-refractivity contribution in [1.29, 1.82) is 0 Å². The van der Waals surface area contributed by atoms with Gasteiger partial charge in [-0.15, -0.1) is 11.6 Å². The van der Waals surface area contributed by atoms with Crippen molar-refractivity contribution in [3.05, 3.63) is 30.6 Å². The van der Waals surface area contributed by atoms with E-state index in [1.54, 1.807) is 0 Å². The molecule has 1 rings (SSSR count). The molecule has 0 saturated carbocycles. The zero-order valence-corrected chi connectivity index (χ0v) is 10.1. The molecule has 15 heavy (non-hydrogen) atoms. The van der Waals surface area contributed by atoms with Crippen LogP contribution in [0.3, 0.4) is 0 Å². The lowest BCUT2D eigenvalue weighted by Crippen LogP contribution is -2.32. The molecule has 0 unspecified atom stereocenters. The van der Waals surface area contributed by atoms with E-state index in [0.29, 0.717) is 0 Å². The SMILES string of the molecule is ClCCCCCCCC[n+]1ccccc1. The Balaban J connectivity index is 1.93. The van der Waals surface area contributed by atoms with Crippen LogP contribution in [0.2, 0.25) is 0 Å². The van der Waals surface area contributed by atoms with Gasteiger partial charge in [-0.3, -0.25) is 0 Å². The van der Waals surface area contributed by atoms with Crippen molar-refractivity contribution >= 4 is 11.6 Å². The highest BCUT2D eigenvalue weighted by Gasteiger charge is 1.97. The summed E-state index contributed by atoms with van der Waals surface area (Å²) < 4.78 is 2.25. The number of pyridine rings is 1. The van der Waals surface area contributed by atoms with Crippen molar-refractivity contribution in [2.24, 2.45) is 0 Å². The Morgan fingerprint density at radius 2 is 1.33 bits per heavy atom. The van der Waals surface area contributed by atoms with Gasteiger partial charge in [0.1, 0.15) is 6.54 Å². The molecule has 0 spiro atoms. The molecule has 1 aromatic rings. The first-order chi connectivity index (χ1) is 7.43. The zero-order chi connectivity index (χ0) is 10.8. The predicted molar refractivity (Wildman–Crippen MR) is 65.1 cm³/mol. The number of hydrogen-bond acceptors (Lipinski definition) is 0. The summed E-state index contributed by atoms with van der Waals surface area (Å²) >= 11 is 5.62. The minimum Gasteiger partial charge on any atom is -0.205 e. The highest BCUT2D eigenvalue weighted by Crippen LogP contribution is 2.05. The monoisotopic (exact) mass is 226 g/mol. The lowest BCUT2D eigenvalue weighted by molar-refractivity contribution is -0.697. The molecule has 0 amide bonds. The lowest BCUT2D eigenvalue weighted by atomic mass is 10.1. The smallest absolute Gasteiger partial charge is 0.168 e. The number of alkyl halides is 1. The summed E-state index contributed by atoms with van der Waals surface area (Å²) in [5.41, 5.74) is 0. The largest absolute Gasteiger partial charge is 0.205 e. The first kappa shape index (κ1) is 12.5. The van der Waals surface area contributed by atoms with Crippen LogP contribution >= 0.6 is 11.6 Å². The molecule has 2 heteroatoms. The fourth-order valence-corrected chi connectivity index (χ4v) is 1.87. The second kappa shape index (κ2) is 8.72. The average molecular weight is 227 g/mol. The standard InChI is InChI=1S/C13H21ClN/c14-10-6-3-1-2-4-7-11-15-12-8-5-9-13-15/h5,8-9,12-13H,1-4,6-7,10-11H2/q+1. The first-order valence-corrected chi connectivity index (χ1v) is 6.47. The molecule has 0 N–H and O–H groups in total. The molecule has 1 heterocycles. The van der Waals surface area contributed by atoms with Gasteiger partial charge in [0.15, 0.2) is 12.4 Å². The Morgan fingerprint density at radius 3 is 2.00 bits per heavy atom. The van der Waals surface area contributed by atoms with Crippen LogP contribution in [0, 0.1) is 0 Å². The number of nitrogens with zero attached hydrogens (tertiary/aromatic N) is 1. The van der Waals surface area contributed by atoms with Crippen molar-refractivity contribution in [2.45, 2.75) is 45.1 Å². The van der Waals surface area contributed by atoms with Crippen LogP contribution in [-0.4, -0.2) is 5.88 Å². The molecule has 1 aromatic heterocycles. The summed E-state index contributed by atoms with van der Waals surface area (Å²) in [6.45, 7) is 1.15. The fourth-order valence-electron chi connectivity index (χ4n) is 1.68. The third-order valence-corrected chi connectivity index (χ3v) is 2.84. The molecule has 0 saturated heterocycles. The molecule has 1 nitrogen and oxygen atoms in total. The second-order valence-corrected chi connectivity index (χ2v) is 4.30. The summed E-state index contributed by atoms with van der Waals surface area (Å²) in [6, 6.07) is 6.23. The van der Waals surface area contributed by atoms with Crippen LogP contribution in [0.5, 0.6) is 0 Å². The molecule has 84 valence electrons. The van der Waals surface area contributed by atoms with Gasteiger partial charge in [0, 0.05) is 24.4 Å². The maximum Gasteiger partial charge on any atom is 0.168 e.